The van der Waals surface area contributed by atoms with E-state index >= 15 is 0 Å². The molecule has 4 aliphatic rings. The number of fused-ring (bicyclic) bond motifs is 1. The van der Waals surface area contributed by atoms with Crippen LogP contribution in [0.5, 0.6) is 5.75 Å². The van der Waals surface area contributed by atoms with Gasteiger partial charge in [-0.25, -0.2) is 0 Å². The van der Waals surface area contributed by atoms with Crippen LogP contribution in [0.1, 0.15) is 49.7 Å². The van der Waals surface area contributed by atoms with Crippen LogP contribution in [0.2, 0.25) is 0 Å². The van der Waals surface area contributed by atoms with Gasteiger partial charge in [-0.1, -0.05) is 12.1 Å². The molecule has 0 amide bonds. The van der Waals surface area contributed by atoms with Crippen LogP contribution in [0.15, 0.2) is 18.2 Å². The quantitative estimate of drug-likeness (QED) is 0.722. The fraction of sp³-hybridized carbons (Fsp3) is 0.682. The van der Waals surface area contributed by atoms with E-state index in [0.29, 0.717) is 24.7 Å². The average molecular weight is 436 g/mol. The number of rotatable bonds is 4. The lowest BCUT2D eigenvalue weighted by molar-refractivity contribution is -0.188. The Labute approximate surface area is 172 Å². The van der Waals surface area contributed by atoms with Crippen LogP contribution in [-0.4, -0.2) is 49.6 Å². The zero-order chi connectivity index (χ0) is 17.9. The van der Waals surface area contributed by atoms with Crippen LogP contribution in [0, 0.1) is 5.92 Å². The maximum atomic E-state index is 12.6. The molecule has 2 saturated carbocycles. The molecule has 0 N–H and O–H groups in total. The van der Waals surface area contributed by atoms with Gasteiger partial charge in [0.1, 0.15) is 11.5 Å². The average Bonchev–Trinajstić information content (AvgIpc) is 3.47. The number of benzene rings is 1. The van der Waals surface area contributed by atoms with Crippen molar-refractivity contribution < 1.29 is 14.3 Å². The van der Waals surface area contributed by atoms with Crippen molar-refractivity contribution in [1.29, 1.82) is 0 Å². The van der Waals surface area contributed by atoms with E-state index in [-0.39, 0.29) is 28.0 Å². The third-order valence-corrected chi connectivity index (χ3v) is 7.67. The molecule has 1 aromatic rings. The summed E-state index contributed by atoms with van der Waals surface area (Å²) in [5, 5.41) is 0. The molecule has 1 aromatic carbocycles. The lowest BCUT2D eigenvalue weighted by Gasteiger charge is -2.65. The second-order valence-corrected chi connectivity index (χ2v) is 8.79. The van der Waals surface area contributed by atoms with Crippen LogP contribution in [-0.2, 0) is 21.4 Å². The summed E-state index contributed by atoms with van der Waals surface area (Å²) in [6.07, 6.45) is 6.82. The molecule has 3 fully saturated rings. The van der Waals surface area contributed by atoms with Crippen LogP contribution in [0.25, 0.3) is 0 Å². The van der Waals surface area contributed by atoms with Gasteiger partial charge in [-0.15, -0.1) is 17.0 Å². The molecule has 5 rings (SSSR count). The van der Waals surface area contributed by atoms with Gasteiger partial charge < -0.3 is 9.47 Å². The maximum Gasteiger partial charge on any atom is 0.134 e. The molecule has 1 saturated heterocycles. The summed E-state index contributed by atoms with van der Waals surface area (Å²) in [6, 6.07) is 6.77. The van der Waals surface area contributed by atoms with Gasteiger partial charge in [0.05, 0.1) is 12.7 Å². The van der Waals surface area contributed by atoms with Crippen molar-refractivity contribution >= 4 is 22.8 Å². The SMILES string of the molecule is Br.COc1cccc2c1[C@@]13CCN(CC4CC4)[C@@H](C2)C1(OC)CCC(=O)C3. The number of piperidine rings is 1. The fourth-order valence-electron chi connectivity index (χ4n) is 6.38. The number of Topliss-reactive ketones (excluding diaryl/α,β-unsaturated/α-hetero) is 1. The van der Waals surface area contributed by atoms with Crippen molar-refractivity contribution in [1.82, 2.24) is 4.90 Å². The highest BCUT2D eigenvalue weighted by atomic mass is 79.9. The topological polar surface area (TPSA) is 38.8 Å². The normalized spacial score (nSPS) is 35.0. The minimum Gasteiger partial charge on any atom is -0.496 e. The lowest BCUT2D eigenvalue weighted by Crippen LogP contribution is -2.74. The van der Waals surface area contributed by atoms with Gasteiger partial charge in [0.15, 0.2) is 0 Å². The molecule has 27 heavy (non-hydrogen) atoms. The Morgan fingerprint density at radius 2 is 2.04 bits per heavy atom. The standard InChI is InChI=1S/C22H29NO3.BrH/c1-25-18-5-3-4-16-12-19-22(26-2)9-8-17(24)13-21(22,20(16)18)10-11-23(19)14-15-6-7-15;/h3-5,15,19H,6-14H2,1-2H3;1H/t19-,21-,22?;/m0./s1. The molecule has 3 aliphatic carbocycles. The van der Waals surface area contributed by atoms with Crippen LogP contribution in [0.3, 0.4) is 0 Å². The maximum absolute atomic E-state index is 12.6. The van der Waals surface area contributed by atoms with E-state index in [1.165, 1.54) is 30.5 Å². The molecule has 0 aromatic heterocycles. The predicted octanol–water partition coefficient (Wildman–Crippen LogP) is 3.69. The largest absolute Gasteiger partial charge is 0.496 e. The van der Waals surface area contributed by atoms with Crippen molar-refractivity contribution in [2.75, 3.05) is 27.3 Å². The third-order valence-electron chi connectivity index (χ3n) is 7.67. The molecular formula is C22H30BrNO3. The Hall–Kier alpha value is -0.910. The second-order valence-electron chi connectivity index (χ2n) is 8.79. The number of carbonyl (C=O) groups excluding carboxylic acids is 1. The zero-order valence-corrected chi connectivity index (χ0v) is 18.0. The Morgan fingerprint density at radius 1 is 1.22 bits per heavy atom. The molecule has 4 nitrogen and oxygen atoms in total. The van der Waals surface area contributed by atoms with Crippen molar-refractivity contribution in [2.45, 2.75) is 62.0 Å². The first kappa shape index (κ1) is 19.4. The van der Waals surface area contributed by atoms with E-state index in [9.17, 15) is 4.79 Å². The van der Waals surface area contributed by atoms with Gasteiger partial charge >= 0.3 is 0 Å². The molecule has 0 radical (unpaired) electrons. The fourth-order valence-corrected chi connectivity index (χ4v) is 6.38. The van der Waals surface area contributed by atoms with Gasteiger partial charge in [-0.3, -0.25) is 9.69 Å². The number of likely N-dealkylation sites (tertiary alicyclic amines) is 1. The lowest BCUT2D eigenvalue weighted by atomic mass is 9.49. The number of hydrogen-bond donors (Lipinski definition) is 0. The molecule has 2 bridgehead atoms. The van der Waals surface area contributed by atoms with Crippen molar-refractivity contribution in [3.05, 3.63) is 29.3 Å². The van der Waals surface area contributed by atoms with E-state index in [1.54, 1.807) is 7.11 Å². The van der Waals surface area contributed by atoms with E-state index in [1.807, 2.05) is 7.11 Å². The summed E-state index contributed by atoms with van der Waals surface area (Å²) < 4.78 is 12.2. The van der Waals surface area contributed by atoms with Crippen molar-refractivity contribution in [3.63, 3.8) is 0 Å². The summed E-state index contributed by atoms with van der Waals surface area (Å²) in [7, 11) is 3.62. The molecular weight excluding hydrogens is 406 g/mol. The number of nitrogens with zero attached hydrogens (tertiary/aromatic N) is 1. The van der Waals surface area contributed by atoms with Gasteiger partial charge in [0.25, 0.3) is 0 Å². The Kier molecular flexibility index (Phi) is 4.93. The first-order valence-electron chi connectivity index (χ1n) is 10.1. The van der Waals surface area contributed by atoms with Crippen molar-refractivity contribution in [3.8, 4) is 5.75 Å². The highest BCUT2D eigenvalue weighted by Crippen LogP contribution is 2.61. The molecule has 3 atom stereocenters. The Morgan fingerprint density at radius 3 is 2.74 bits per heavy atom. The summed E-state index contributed by atoms with van der Waals surface area (Å²) in [5.74, 6) is 2.19. The third kappa shape index (κ3) is 2.65. The second kappa shape index (κ2) is 6.85. The first-order valence-corrected chi connectivity index (χ1v) is 10.1. The van der Waals surface area contributed by atoms with Crippen molar-refractivity contribution in [2.24, 2.45) is 5.92 Å². The van der Waals surface area contributed by atoms with Crippen LogP contribution < -0.4 is 4.74 Å². The number of halogens is 1. The number of methoxy groups -OCH3 is 2. The Balaban J connectivity index is 0.00000180. The van der Waals surface area contributed by atoms with Gasteiger partial charge in [0.2, 0.25) is 0 Å². The first-order chi connectivity index (χ1) is 12.6. The van der Waals surface area contributed by atoms with Gasteiger partial charge in [0, 0.05) is 43.5 Å². The minimum absolute atomic E-state index is 0. The van der Waals surface area contributed by atoms with E-state index in [2.05, 4.69) is 23.1 Å². The highest BCUT2D eigenvalue weighted by Gasteiger charge is 2.66. The summed E-state index contributed by atoms with van der Waals surface area (Å²) in [5.41, 5.74) is 2.12. The molecule has 1 aliphatic heterocycles. The highest BCUT2D eigenvalue weighted by molar-refractivity contribution is 8.93. The number of ether oxygens (including phenoxy) is 2. The molecule has 5 heteroatoms. The Bertz CT molecular complexity index is 749. The van der Waals surface area contributed by atoms with Gasteiger partial charge in [-0.05, 0) is 56.2 Å². The summed E-state index contributed by atoms with van der Waals surface area (Å²) in [4.78, 5) is 15.3. The molecule has 148 valence electrons. The summed E-state index contributed by atoms with van der Waals surface area (Å²) >= 11 is 0. The molecule has 1 heterocycles. The number of hydrogen-bond acceptors (Lipinski definition) is 4. The van der Waals surface area contributed by atoms with E-state index < -0.39 is 0 Å². The van der Waals surface area contributed by atoms with Crippen LogP contribution >= 0.6 is 17.0 Å². The smallest absolute Gasteiger partial charge is 0.134 e. The number of ketones is 1. The molecule has 1 unspecified atom stereocenters. The monoisotopic (exact) mass is 435 g/mol. The summed E-state index contributed by atoms with van der Waals surface area (Å²) in [6.45, 7) is 2.26. The zero-order valence-electron chi connectivity index (χ0n) is 16.3. The van der Waals surface area contributed by atoms with Crippen LogP contribution in [0.4, 0.5) is 0 Å². The predicted molar refractivity (Wildman–Crippen MR) is 110 cm³/mol. The van der Waals surface area contributed by atoms with E-state index in [0.717, 1.165) is 37.5 Å². The number of carbonyl (C=O) groups is 1. The minimum atomic E-state index is -0.268. The van der Waals surface area contributed by atoms with Gasteiger partial charge in [-0.2, -0.15) is 0 Å². The molecule has 0 spiro atoms. The van der Waals surface area contributed by atoms with E-state index in [4.69, 9.17) is 9.47 Å².